The number of rotatable bonds is 1. The molecule has 86 valence electrons. The lowest BCUT2D eigenvalue weighted by molar-refractivity contribution is 0.129. The Labute approximate surface area is 100 Å². The van der Waals surface area contributed by atoms with Gasteiger partial charge < -0.3 is 9.67 Å². The fourth-order valence-electron chi connectivity index (χ4n) is 1.98. The van der Waals surface area contributed by atoms with Crippen LogP contribution < -0.4 is 5.30 Å². The fraction of sp³-hybridized carbons (Fsp3) is 0.333. The first kappa shape index (κ1) is 11.9. The SMILES string of the molecule is C[C@@]1(O)C[P@@](=O)(c2ccccc2)CC=C1Cl. The van der Waals surface area contributed by atoms with Crippen molar-refractivity contribution in [2.24, 2.45) is 0 Å². The molecule has 1 aliphatic rings. The lowest BCUT2D eigenvalue weighted by Crippen LogP contribution is -2.35. The Balaban J connectivity index is 2.41. The minimum atomic E-state index is -2.54. The third kappa shape index (κ3) is 2.10. The van der Waals surface area contributed by atoms with E-state index in [0.29, 0.717) is 11.2 Å². The molecule has 2 rings (SSSR count). The molecule has 1 aromatic carbocycles. The van der Waals surface area contributed by atoms with Gasteiger partial charge in [0.1, 0.15) is 12.7 Å². The van der Waals surface area contributed by atoms with Gasteiger partial charge in [-0.3, -0.25) is 0 Å². The number of hydrogen-bond acceptors (Lipinski definition) is 2. The summed E-state index contributed by atoms with van der Waals surface area (Å²) in [5.74, 6) is 0. The maximum atomic E-state index is 12.7. The Morgan fingerprint density at radius 2 is 2.00 bits per heavy atom. The first-order valence-corrected chi connectivity index (χ1v) is 7.62. The molecule has 0 spiro atoms. The van der Waals surface area contributed by atoms with E-state index in [-0.39, 0.29) is 6.16 Å². The zero-order valence-electron chi connectivity index (χ0n) is 9.06. The lowest BCUT2D eigenvalue weighted by Gasteiger charge is -2.32. The van der Waals surface area contributed by atoms with E-state index in [2.05, 4.69) is 0 Å². The molecular formula is C12H14ClO2P. The van der Waals surface area contributed by atoms with Gasteiger partial charge in [-0.05, 0) is 6.92 Å². The Bertz CT molecular complexity index is 465. The average molecular weight is 257 g/mol. The lowest BCUT2D eigenvalue weighted by atomic mass is 10.1. The van der Waals surface area contributed by atoms with Crippen LogP contribution in [0, 0.1) is 0 Å². The van der Waals surface area contributed by atoms with E-state index in [0.717, 1.165) is 5.30 Å². The summed E-state index contributed by atoms with van der Waals surface area (Å²) in [7, 11) is -2.54. The van der Waals surface area contributed by atoms with E-state index in [1.165, 1.54) is 0 Å². The highest BCUT2D eigenvalue weighted by molar-refractivity contribution is 7.71. The minimum absolute atomic E-state index is 0.222. The first-order chi connectivity index (χ1) is 7.44. The van der Waals surface area contributed by atoms with E-state index in [1.54, 1.807) is 13.0 Å². The van der Waals surface area contributed by atoms with Crippen LogP contribution in [0.25, 0.3) is 0 Å². The molecule has 0 unspecified atom stereocenters. The topological polar surface area (TPSA) is 37.3 Å². The largest absolute Gasteiger partial charge is 0.384 e. The monoisotopic (exact) mass is 256 g/mol. The second kappa shape index (κ2) is 4.03. The normalized spacial score (nSPS) is 34.6. The van der Waals surface area contributed by atoms with Crippen molar-refractivity contribution in [3.8, 4) is 0 Å². The average Bonchev–Trinajstić information content (AvgIpc) is 2.25. The Morgan fingerprint density at radius 1 is 1.38 bits per heavy atom. The van der Waals surface area contributed by atoms with E-state index in [1.807, 2.05) is 30.3 Å². The second-order valence-corrected chi connectivity index (χ2v) is 7.78. The molecule has 4 heteroatoms. The molecule has 1 N–H and O–H groups in total. The van der Waals surface area contributed by atoms with Gasteiger partial charge in [0, 0.05) is 22.7 Å². The van der Waals surface area contributed by atoms with Crippen molar-refractivity contribution < 1.29 is 9.67 Å². The van der Waals surface area contributed by atoms with Gasteiger partial charge in [-0.2, -0.15) is 0 Å². The molecule has 0 bridgehead atoms. The molecule has 16 heavy (non-hydrogen) atoms. The number of hydrogen-bond donors (Lipinski definition) is 1. The van der Waals surface area contributed by atoms with Crippen molar-refractivity contribution in [2.45, 2.75) is 12.5 Å². The van der Waals surface area contributed by atoms with Crippen LogP contribution in [0.2, 0.25) is 0 Å². The molecule has 1 aliphatic heterocycles. The molecule has 1 heterocycles. The van der Waals surface area contributed by atoms with Crippen LogP contribution in [0.5, 0.6) is 0 Å². The van der Waals surface area contributed by atoms with E-state index in [9.17, 15) is 9.67 Å². The molecule has 0 amide bonds. The van der Waals surface area contributed by atoms with Crippen molar-refractivity contribution in [1.29, 1.82) is 0 Å². The summed E-state index contributed by atoms with van der Waals surface area (Å²) in [5.41, 5.74) is -1.16. The van der Waals surface area contributed by atoms with E-state index in [4.69, 9.17) is 11.6 Å². The van der Waals surface area contributed by atoms with Crippen LogP contribution >= 0.6 is 18.7 Å². The van der Waals surface area contributed by atoms with Crippen LogP contribution in [0.1, 0.15) is 6.92 Å². The van der Waals surface area contributed by atoms with Gasteiger partial charge in [0.25, 0.3) is 0 Å². The summed E-state index contributed by atoms with van der Waals surface area (Å²) in [6, 6.07) is 9.32. The van der Waals surface area contributed by atoms with Crippen LogP contribution in [0.4, 0.5) is 0 Å². The van der Waals surface area contributed by atoms with Crippen LogP contribution in [-0.4, -0.2) is 23.0 Å². The molecule has 0 radical (unpaired) electrons. The maximum Gasteiger partial charge on any atom is 0.122 e. The highest BCUT2D eigenvalue weighted by Crippen LogP contribution is 2.52. The van der Waals surface area contributed by atoms with Gasteiger partial charge in [0.05, 0.1) is 0 Å². The van der Waals surface area contributed by atoms with Crippen molar-refractivity contribution in [3.05, 3.63) is 41.4 Å². The Morgan fingerprint density at radius 3 is 2.56 bits per heavy atom. The first-order valence-electron chi connectivity index (χ1n) is 5.16. The summed E-state index contributed by atoms with van der Waals surface area (Å²) in [6.45, 7) is 1.61. The third-order valence-electron chi connectivity index (χ3n) is 2.87. The fourth-order valence-corrected chi connectivity index (χ4v) is 5.21. The van der Waals surface area contributed by atoms with Crippen molar-refractivity contribution in [3.63, 3.8) is 0 Å². The molecule has 2 atom stereocenters. The third-order valence-corrected chi connectivity index (χ3v) is 6.57. The van der Waals surface area contributed by atoms with Gasteiger partial charge >= 0.3 is 0 Å². The predicted octanol–water partition coefficient (Wildman–Crippen LogP) is 2.56. The molecule has 2 nitrogen and oxygen atoms in total. The van der Waals surface area contributed by atoms with E-state index >= 15 is 0 Å². The highest BCUT2D eigenvalue weighted by atomic mass is 35.5. The summed E-state index contributed by atoms with van der Waals surface area (Å²) in [4.78, 5) is 0. The quantitative estimate of drug-likeness (QED) is 0.784. The van der Waals surface area contributed by atoms with Crippen molar-refractivity contribution in [1.82, 2.24) is 0 Å². The number of halogens is 1. The smallest absolute Gasteiger partial charge is 0.122 e. The molecule has 1 aromatic rings. The summed E-state index contributed by atoms with van der Waals surface area (Å²) >= 11 is 5.91. The molecule has 0 fully saturated rings. The predicted molar refractivity (Wildman–Crippen MR) is 68.0 cm³/mol. The van der Waals surface area contributed by atoms with Crippen LogP contribution in [-0.2, 0) is 4.57 Å². The summed E-state index contributed by atoms with van der Waals surface area (Å²) in [6.07, 6.45) is 2.34. The van der Waals surface area contributed by atoms with Gasteiger partial charge in [0.2, 0.25) is 0 Å². The summed E-state index contributed by atoms with van der Waals surface area (Å²) in [5, 5.41) is 11.3. The molecular weight excluding hydrogens is 243 g/mol. The van der Waals surface area contributed by atoms with Gasteiger partial charge in [0.15, 0.2) is 0 Å². The van der Waals surface area contributed by atoms with Crippen LogP contribution in [0.3, 0.4) is 0 Å². The zero-order valence-corrected chi connectivity index (χ0v) is 10.7. The van der Waals surface area contributed by atoms with Crippen LogP contribution in [0.15, 0.2) is 41.4 Å². The van der Waals surface area contributed by atoms with Gasteiger partial charge in [-0.15, -0.1) is 0 Å². The maximum absolute atomic E-state index is 12.7. The molecule has 0 aromatic heterocycles. The molecule has 0 aliphatic carbocycles. The Kier molecular flexibility index (Phi) is 3.00. The number of aliphatic hydroxyl groups is 1. The number of allylic oxidation sites excluding steroid dienone is 1. The van der Waals surface area contributed by atoms with Gasteiger partial charge in [-0.1, -0.05) is 48.0 Å². The second-order valence-electron chi connectivity index (χ2n) is 4.39. The van der Waals surface area contributed by atoms with Crippen molar-refractivity contribution >= 4 is 24.0 Å². The van der Waals surface area contributed by atoms with E-state index < -0.39 is 12.7 Å². The molecule has 0 saturated heterocycles. The van der Waals surface area contributed by atoms with Crippen molar-refractivity contribution in [2.75, 3.05) is 12.3 Å². The standard InChI is InChI=1S/C12H14ClO2P/c1-12(14)9-16(15,8-7-11(12)13)10-5-3-2-4-6-10/h2-7,14H,8-9H2,1H3/t12-,16-/m1/s1. The van der Waals surface area contributed by atoms with Gasteiger partial charge in [-0.25, -0.2) is 0 Å². The Hall–Kier alpha value is -0.560. The summed E-state index contributed by atoms with van der Waals surface area (Å²) < 4.78 is 12.7. The molecule has 0 saturated carbocycles. The minimum Gasteiger partial charge on any atom is -0.384 e. The number of benzene rings is 1. The highest BCUT2D eigenvalue weighted by Gasteiger charge is 2.39. The zero-order chi connectivity index (χ0) is 11.8.